The van der Waals surface area contributed by atoms with Gasteiger partial charge in [0.15, 0.2) is 0 Å². The Kier molecular flexibility index (Phi) is 3.34. The standard InChI is InChI=1S/C13H22N4O/c1-13(2)9-17(8-7-16(13)3)11-6-5-10(14)12(15-11)18-4/h5-6H,7-9,14H2,1-4H3. The van der Waals surface area contributed by atoms with Gasteiger partial charge in [0, 0.05) is 25.2 Å². The minimum absolute atomic E-state index is 0.147. The van der Waals surface area contributed by atoms with Gasteiger partial charge in [-0.15, -0.1) is 0 Å². The molecule has 0 radical (unpaired) electrons. The van der Waals surface area contributed by atoms with Crippen molar-refractivity contribution in [3.8, 4) is 5.88 Å². The fourth-order valence-corrected chi connectivity index (χ4v) is 2.22. The van der Waals surface area contributed by atoms with E-state index in [2.05, 4.69) is 35.7 Å². The zero-order valence-electron chi connectivity index (χ0n) is 11.6. The average molecular weight is 250 g/mol. The van der Waals surface area contributed by atoms with Crippen LogP contribution in [0.5, 0.6) is 5.88 Å². The molecule has 0 unspecified atom stereocenters. The predicted molar refractivity (Wildman–Crippen MR) is 74.1 cm³/mol. The van der Waals surface area contributed by atoms with Crippen molar-refractivity contribution < 1.29 is 4.74 Å². The molecule has 2 N–H and O–H groups in total. The van der Waals surface area contributed by atoms with Gasteiger partial charge in [-0.3, -0.25) is 4.90 Å². The molecule has 1 aliphatic rings. The van der Waals surface area contributed by atoms with Crippen molar-refractivity contribution in [2.24, 2.45) is 0 Å². The molecular formula is C13H22N4O. The molecule has 2 rings (SSSR count). The summed E-state index contributed by atoms with van der Waals surface area (Å²) in [5.41, 5.74) is 6.52. The van der Waals surface area contributed by atoms with Crippen LogP contribution in [-0.2, 0) is 0 Å². The van der Waals surface area contributed by atoms with Crippen LogP contribution in [0.2, 0.25) is 0 Å². The van der Waals surface area contributed by atoms with Crippen molar-refractivity contribution in [2.75, 3.05) is 44.4 Å². The van der Waals surface area contributed by atoms with E-state index in [9.17, 15) is 0 Å². The summed E-state index contributed by atoms with van der Waals surface area (Å²) in [6.45, 7) is 7.44. The number of nitrogens with zero attached hydrogens (tertiary/aromatic N) is 3. The van der Waals surface area contributed by atoms with E-state index in [1.165, 1.54) is 0 Å². The quantitative estimate of drug-likeness (QED) is 0.855. The molecule has 18 heavy (non-hydrogen) atoms. The van der Waals surface area contributed by atoms with Crippen LogP contribution in [-0.4, -0.2) is 49.2 Å². The average Bonchev–Trinajstić information content (AvgIpc) is 2.33. The van der Waals surface area contributed by atoms with Gasteiger partial charge < -0.3 is 15.4 Å². The van der Waals surface area contributed by atoms with Crippen LogP contribution in [0, 0.1) is 0 Å². The summed E-state index contributed by atoms with van der Waals surface area (Å²) in [7, 11) is 3.75. The van der Waals surface area contributed by atoms with Crippen LogP contribution in [0.1, 0.15) is 13.8 Å². The van der Waals surface area contributed by atoms with Crippen LogP contribution in [0.15, 0.2) is 12.1 Å². The smallest absolute Gasteiger partial charge is 0.238 e. The third-order valence-corrected chi connectivity index (χ3v) is 3.71. The number of rotatable bonds is 2. The largest absolute Gasteiger partial charge is 0.479 e. The molecular weight excluding hydrogens is 228 g/mol. The SMILES string of the molecule is COc1nc(N2CCN(C)C(C)(C)C2)ccc1N. The van der Waals surface area contributed by atoms with Crippen LogP contribution < -0.4 is 15.4 Å². The van der Waals surface area contributed by atoms with E-state index in [1.54, 1.807) is 7.11 Å². The Bertz CT molecular complexity index is 433. The molecule has 2 heterocycles. The van der Waals surface area contributed by atoms with Crippen molar-refractivity contribution in [3.63, 3.8) is 0 Å². The van der Waals surface area contributed by atoms with Gasteiger partial charge in [0.05, 0.1) is 12.8 Å². The highest BCUT2D eigenvalue weighted by Gasteiger charge is 2.31. The molecule has 5 nitrogen and oxygen atoms in total. The predicted octanol–water partition coefficient (Wildman–Crippen LogP) is 1.20. The van der Waals surface area contributed by atoms with Crippen LogP contribution in [0.25, 0.3) is 0 Å². The minimum Gasteiger partial charge on any atom is -0.479 e. The van der Waals surface area contributed by atoms with Crippen LogP contribution in [0.3, 0.4) is 0 Å². The number of aromatic nitrogens is 1. The lowest BCUT2D eigenvalue weighted by molar-refractivity contribution is 0.138. The van der Waals surface area contributed by atoms with E-state index in [0.717, 1.165) is 25.5 Å². The van der Waals surface area contributed by atoms with E-state index in [1.807, 2.05) is 12.1 Å². The van der Waals surface area contributed by atoms with Gasteiger partial charge in [-0.05, 0) is 33.0 Å². The van der Waals surface area contributed by atoms with Crippen molar-refractivity contribution in [1.82, 2.24) is 9.88 Å². The molecule has 0 aromatic carbocycles. The van der Waals surface area contributed by atoms with Gasteiger partial charge in [-0.1, -0.05) is 0 Å². The first-order chi connectivity index (χ1) is 8.44. The Hall–Kier alpha value is -1.49. The maximum absolute atomic E-state index is 5.79. The van der Waals surface area contributed by atoms with E-state index < -0.39 is 0 Å². The number of piperazine rings is 1. The molecule has 1 fully saturated rings. The first-order valence-corrected chi connectivity index (χ1v) is 6.21. The van der Waals surface area contributed by atoms with Gasteiger partial charge in [0.25, 0.3) is 0 Å². The van der Waals surface area contributed by atoms with E-state index >= 15 is 0 Å². The van der Waals surface area contributed by atoms with Gasteiger partial charge in [-0.25, -0.2) is 0 Å². The van der Waals surface area contributed by atoms with Crippen molar-refractivity contribution in [3.05, 3.63) is 12.1 Å². The monoisotopic (exact) mass is 250 g/mol. The topological polar surface area (TPSA) is 54.6 Å². The van der Waals surface area contributed by atoms with E-state index in [-0.39, 0.29) is 5.54 Å². The second-order valence-corrected chi connectivity index (χ2v) is 5.42. The molecule has 0 bridgehead atoms. The third-order valence-electron chi connectivity index (χ3n) is 3.71. The molecule has 5 heteroatoms. The van der Waals surface area contributed by atoms with Crippen LogP contribution in [0.4, 0.5) is 11.5 Å². The molecule has 0 aliphatic carbocycles. The van der Waals surface area contributed by atoms with E-state index in [4.69, 9.17) is 10.5 Å². The molecule has 100 valence electrons. The number of anilines is 2. The molecule has 0 saturated carbocycles. The third kappa shape index (κ3) is 2.36. The Morgan fingerprint density at radius 2 is 2.06 bits per heavy atom. The first-order valence-electron chi connectivity index (χ1n) is 6.21. The Balaban J connectivity index is 2.22. The molecule has 1 aromatic rings. The zero-order chi connectivity index (χ0) is 13.3. The highest BCUT2D eigenvalue weighted by Crippen LogP contribution is 2.27. The maximum atomic E-state index is 5.79. The molecule has 1 aromatic heterocycles. The number of hydrogen-bond donors (Lipinski definition) is 1. The molecule has 0 amide bonds. The number of nitrogen functional groups attached to an aromatic ring is 1. The summed E-state index contributed by atoms with van der Waals surface area (Å²) in [5.74, 6) is 1.44. The lowest BCUT2D eigenvalue weighted by Gasteiger charge is -2.45. The zero-order valence-corrected chi connectivity index (χ0v) is 11.6. The highest BCUT2D eigenvalue weighted by atomic mass is 16.5. The van der Waals surface area contributed by atoms with Crippen molar-refractivity contribution in [2.45, 2.75) is 19.4 Å². The summed E-state index contributed by atoms with van der Waals surface area (Å²) in [5, 5.41) is 0. The lowest BCUT2D eigenvalue weighted by atomic mass is 10.00. The lowest BCUT2D eigenvalue weighted by Crippen LogP contribution is -2.57. The number of pyridine rings is 1. The molecule has 0 atom stereocenters. The number of methoxy groups -OCH3 is 1. The maximum Gasteiger partial charge on any atom is 0.238 e. The highest BCUT2D eigenvalue weighted by molar-refractivity contribution is 5.54. The molecule has 0 spiro atoms. The summed E-state index contributed by atoms with van der Waals surface area (Å²) >= 11 is 0. The van der Waals surface area contributed by atoms with E-state index in [0.29, 0.717) is 11.6 Å². The Labute approximate surface area is 109 Å². The van der Waals surface area contributed by atoms with Gasteiger partial charge >= 0.3 is 0 Å². The number of likely N-dealkylation sites (N-methyl/N-ethyl adjacent to an activating group) is 1. The summed E-state index contributed by atoms with van der Waals surface area (Å²) in [4.78, 5) is 9.12. The summed E-state index contributed by atoms with van der Waals surface area (Å²) < 4.78 is 5.18. The van der Waals surface area contributed by atoms with Crippen LogP contribution >= 0.6 is 0 Å². The van der Waals surface area contributed by atoms with Crippen molar-refractivity contribution in [1.29, 1.82) is 0 Å². The Morgan fingerprint density at radius 3 is 2.67 bits per heavy atom. The van der Waals surface area contributed by atoms with Gasteiger partial charge in [0.1, 0.15) is 5.82 Å². The minimum atomic E-state index is 0.147. The summed E-state index contributed by atoms with van der Waals surface area (Å²) in [6.07, 6.45) is 0. The summed E-state index contributed by atoms with van der Waals surface area (Å²) in [6, 6.07) is 3.81. The van der Waals surface area contributed by atoms with Gasteiger partial charge in [-0.2, -0.15) is 4.98 Å². The Morgan fingerprint density at radius 1 is 1.33 bits per heavy atom. The van der Waals surface area contributed by atoms with Crippen molar-refractivity contribution >= 4 is 11.5 Å². The van der Waals surface area contributed by atoms with Gasteiger partial charge in [0.2, 0.25) is 5.88 Å². The number of ether oxygens (including phenoxy) is 1. The number of hydrogen-bond acceptors (Lipinski definition) is 5. The second-order valence-electron chi connectivity index (χ2n) is 5.42. The second kappa shape index (κ2) is 4.65. The molecule has 1 aliphatic heterocycles. The first kappa shape index (κ1) is 13.0. The number of nitrogens with two attached hydrogens (primary N) is 1. The fourth-order valence-electron chi connectivity index (χ4n) is 2.22. The fraction of sp³-hybridized carbons (Fsp3) is 0.615. The molecule has 1 saturated heterocycles. The normalized spacial score (nSPS) is 19.9.